The number of amides is 1. The van der Waals surface area contributed by atoms with Crippen LogP contribution in [0.15, 0.2) is 40.0 Å². The number of H-pyrrole nitrogens is 1. The summed E-state index contributed by atoms with van der Waals surface area (Å²) < 4.78 is 7.20. The predicted molar refractivity (Wildman–Crippen MR) is 92.4 cm³/mol. The SMILES string of the molecule is Cc1ccc2c(CC(=O)N3CCC(n4cn[nH]c4=O)CC3)coc2c1. The molecule has 1 N–H and O–H groups in total. The standard InChI is InChI=1S/C18H20N4O3/c1-12-2-3-15-13(10-25-16(15)8-12)9-17(23)21-6-4-14(5-7-21)22-11-19-20-18(22)24/h2-3,8,10-11,14H,4-7,9H2,1H3,(H,20,24). The number of carbonyl (C=O) groups is 1. The Kier molecular flexibility index (Phi) is 3.91. The third kappa shape index (κ3) is 2.97. The van der Waals surface area contributed by atoms with Crippen LogP contribution >= 0.6 is 0 Å². The number of piperidine rings is 1. The molecule has 130 valence electrons. The Morgan fingerprint density at radius 3 is 2.88 bits per heavy atom. The van der Waals surface area contributed by atoms with E-state index in [1.807, 2.05) is 30.0 Å². The second-order valence-electron chi connectivity index (χ2n) is 6.62. The molecule has 25 heavy (non-hydrogen) atoms. The van der Waals surface area contributed by atoms with Gasteiger partial charge in [-0.05, 0) is 31.4 Å². The van der Waals surface area contributed by atoms with Gasteiger partial charge in [0.2, 0.25) is 5.91 Å². The summed E-state index contributed by atoms with van der Waals surface area (Å²) in [5.74, 6) is 0.0984. The lowest BCUT2D eigenvalue weighted by Crippen LogP contribution is -2.41. The molecule has 1 aromatic carbocycles. The highest BCUT2D eigenvalue weighted by Crippen LogP contribution is 2.25. The fourth-order valence-electron chi connectivity index (χ4n) is 3.51. The van der Waals surface area contributed by atoms with Crippen molar-refractivity contribution < 1.29 is 9.21 Å². The van der Waals surface area contributed by atoms with Gasteiger partial charge in [-0.15, -0.1) is 0 Å². The van der Waals surface area contributed by atoms with Gasteiger partial charge in [0.1, 0.15) is 11.9 Å². The highest BCUT2D eigenvalue weighted by atomic mass is 16.3. The van der Waals surface area contributed by atoms with Crippen molar-refractivity contribution in [1.82, 2.24) is 19.7 Å². The van der Waals surface area contributed by atoms with E-state index in [9.17, 15) is 9.59 Å². The molecule has 3 heterocycles. The zero-order valence-electron chi connectivity index (χ0n) is 14.1. The van der Waals surface area contributed by atoms with Crippen molar-refractivity contribution in [3.8, 4) is 0 Å². The number of nitrogens with zero attached hydrogens (tertiary/aromatic N) is 3. The zero-order chi connectivity index (χ0) is 17.4. The van der Waals surface area contributed by atoms with Crippen LogP contribution in [0, 0.1) is 6.92 Å². The summed E-state index contributed by atoms with van der Waals surface area (Å²) in [4.78, 5) is 26.2. The number of aromatic amines is 1. The molecule has 0 radical (unpaired) electrons. The smallest absolute Gasteiger partial charge is 0.343 e. The van der Waals surface area contributed by atoms with E-state index in [1.165, 1.54) is 6.33 Å². The molecule has 1 aliphatic heterocycles. The van der Waals surface area contributed by atoms with Gasteiger partial charge in [-0.25, -0.2) is 9.89 Å². The summed E-state index contributed by atoms with van der Waals surface area (Å²) in [6, 6.07) is 6.12. The summed E-state index contributed by atoms with van der Waals surface area (Å²) in [6.07, 6.45) is 5.07. The van der Waals surface area contributed by atoms with Crippen molar-refractivity contribution in [2.24, 2.45) is 0 Å². The summed E-state index contributed by atoms with van der Waals surface area (Å²) in [7, 11) is 0. The molecule has 7 nitrogen and oxygen atoms in total. The van der Waals surface area contributed by atoms with Gasteiger partial charge >= 0.3 is 5.69 Å². The average molecular weight is 340 g/mol. The van der Waals surface area contributed by atoms with Gasteiger partial charge in [-0.3, -0.25) is 9.36 Å². The van der Waals surface area contributed by atoms with E-state index in [-0.39, 0.29) is 17.6 Å². The van der Waals surface area contributed by atoms with Gasteiger partial charge in [0, 0.05) is 30.1 Å². The molecule has 0 spiro atoms. The molecule has 4 rings (SSSR count). The Balaban J connectivity index is 1.42. The van der Waals surface area contributed by atoms with Crippen molar-refractivity contribution in [2.45, 2.75) is 32.2 Å². The van der Waals surface area contributed by atoms with E-state index < -0.39 is 0 Å². The maximum absolute atomic E-state index is 12.6. The summed E-state index contributed by atoms with van der Waals surface area (Å²) in [5, 5.41) is 7.19. The number of carbonyl (C=O) groups excluding carboxylic acids is 1. The van der Waals surface area contributed by atoms with E-state index in [0.29, 0.717) is 19.5 Å². The number of benzene rings is 1. The van der Waals surface area contributed by atoms with Crippen LogP contribution in [0.1, 0.15) is 30.0 Å². The first-order valence-corrected chi connectivity index (χ1v) is 8.48. The third-order valence-electron chi connectivity index (χ3n) is 4.94. The molecular formula is C18H20N4O3. The van der Waals surface area contributed by atoms with Crippen molar-refractivity contribution in [3.05, 3.63) is 52.4 Å². The van der Waals surface area contributed by atoms with Crippen molar-refractivity contribution in [3.63, 3.8) is 0 Å². The van der Waals surface area contributed by atoms with Crippen LogP contribution in [0.4, 0.5) is 0 Å². The second-order valence-corrected chi connectivity index (χ2v) is 6.62. The van der Waals surface area contributed by atoms with Crippen molar-refractivity contribution >= 4 is 16.9 Å². The van der Waals surface area contributed by atoms with E-state index in [2.05, 4.69) is 10.2 Å². The van der Waals surface area contributed by atoms with Crippen LogP contribution in [-0.4, -0.2) is 38.7 Å². The molecule has 7 heteroatoms. The highest BCUT2D eigenvalue weighted by Gasteiger charge is 2.25. The quantitative estimate of drug-likeness (QED) is 0.791. The zero-order valence-corrected chi connectivity index (χ0v) is 14.1. The van der Waals surface area contributed by atoms with Crippen LogP contribution < -0.4 is 5.69 Å². The van der Waals surface area contributed by atoms with Gasteiger partial charge in [-0.2, -0.15) is 5.10 Å². The van der Waals surface area contributed by atoms with Gasteiger partial charge in [0.05, 0.1) is 12.7 Å². The van der Waals surface area contributed by atoms with Gasteiger partial charge in [0.25, 0.3) is 0 Å². The van der Waals surface area contributed by atoms with Gasteiger partial charge in [-0.1, -0.05) is 12.1 Å². The fourth-order valence-corrected chi connectivity index (χ4v) is 3.51. The normalized spacial score (nSPS) is 15.8. The van der Waals surface area contributed by atoms with E-state index in [0.717, 1.165) is 34.9 Å². The minimum atomic E-state index is -0.190. The number of hydrogen-bond donors (Lipinski definition) is 1. The largest absolute Gasteiger partial charge is 0.464 e. The van der Waals surface area contributed by atoms with Gasteiger partial charge in [0.15, 0.2) is 0 Å². The molecule has 1 amide bonds. The number of nitrogens with one attached hydrogen (secondary N) is 1. The van der Waals surface area contributed by atoms with Crippen LogP contribution in [0.3, 0.4) is 0 Å². The number of fused-ring (bicyclic) bond motifs is 1. The van der Waals surface area contributed by atoms with Crippen LogP contribution in [-0.2, 0) is 11.2 Å². The number of furan rings is 1. The number of hydrogen-bond acceptors (Lipinski definition) is 4. The van der Waals surface area contributed by atoms with Gasteiger partial charge < -0.3 is 9.32 Å². The minimum Gasteiger partial charge on any atom is -0.464 e. The van der Waals surface area contributed by atoms with Crippen molar-refractivity contribution in [2.75, 3.05) is 13.1 Å². The first-order chi connectivity index (χ1) is 12.1. The van der Waals surface area contributed by atoms with E-state index in [4.69, 9.17) is 4.42 Å². The second kappa shape index (κ2) is 6.23. The van der Waals surface area contributed by atoms with E-state index >= 15 is 0 Å². The Bertz CT molecular complexity index is 960. The molecule has 3 aromatic rings. The Morgan fingerprint density at radius 1 is 1.36 bits per heavy atom. The highest BCUT2D eigenvalue weighted by molar-refractivity contribution is 5.88. The lowest BCUT2D eigenvalue weighted by atomic mass is 10.0. The maximum Gasteiger partial charge on any atom is 0.343 e. The first-order valence-electron chi connectivity index (χ1n) is 8.48. The molecule has 0 atom stereocenters. The fraction of sp³-hybridized carbons (Fsp3) is 0.389. The topological polar surface area (TPSA) is 84.1 Å². The molecule has 0 unspecified atom stereocenters. The first kappa shape index (κ1) is 15.7. The molecule has 1 aliphatic rings. The molecule has 1 saturated heterocycles. The number of aromatic nitrogens is 3. The Labute approximate surface area is 144 Å². The van der Waals surface area contributed by atoms with Crippen LogP contribution in [0.5, 0.6) is 0 Å². The summed E-state index contributed by atoms with van der Waals surface area (Å²) in [5.41, 5.74) is 2.69. The minimum absolute atomic E-state index is 0.0984. The molecule has 2 aromatic heterocycles. The average Bonchev–Trinajstić information content (AvgIpc) is 3.21. The van der Waals surface area contributed by atoms with Crippen molar-refractivity contribution in [1.29, 1.82) is 0 Å². The lowest BCUT2D eigenvalue weighted by molar-refractivity contribution is -0.131. The third-order valence-corrected chi connectivity index (χ3v) is 4.94. The predicted octanol–water partition coefficient (Wildman–Crippen LogP) is 2.03. The molecular weight excluding hydrogens is 320 g/mol. The van der Waals surface area contributed by atoms with E-state index in [1.54, 1.807) is 10.8 Å². The Hall–Kier alpha value is -2.83. The summed E-state index contributed by atoms with van der Waals surface area (Å²) in [6.45, 7) is 3.31. The number of likely N-dealkylation sites (tertiary alicyclic amines) is 1. The molecule has 0 aliphatic carbocycles. The number of aryl methyl sites for hydroxylation is 1. The van der Waals surface area contributed by atoms with Crippen LogP contribution in [0.2, 0.25) is 0 Å². The maximum atomic E-state index is 12.6. The van der Waals surface area contributed by atoms with Crippen LogP contribution in [0.25, 0.3) is 11.0 Å². The molecule has 0 saturated carbocycles. The number of rotatable bonds is 3. The molecule has 0 bridgehead atoms. The lowest BCUT2D eigenvalue weighted by Gasteiger charge is -2.32. The molecule has 1 fully saturated rings. The summed E-state index contributed by atoms with van der Waals surface area (Å²) >= 11 is 0. The monoisotopic (exact) mass is 340 g/mol. The Morgan fingerprint density at radius 2 is 2.16 bits per heavy atom.